The highest BCUT2D eigenvalue weighted by atomic mass is 32.2. The van der Waals surface area contributed by atoms with Gasteiger partial charge in [0.1, 0.15) is 0 Å². The molecule has 0 amide bonds. The smallest absolute Gasteiger partial charge is 0.309 e. The van der Waals surface area contributed by atoms with E-state index < -0.39 is 5.51 Å². The molecule has 1 fully saturated rings. The normalized spacial score (nSPS) is 23.5. The van der Waals surface area contributed by atoms with Crippen LogP contribution in [0.1, 0.15) is 40.5 Å². The lowest BCUT2D eigenvalue weighted by atomic mass is 9.84. The molecule has 0 aromatic rings. The van der Waals surface area contributed by atoms with Crippen molar-refractivity contribution in [1.29, 1.82) is 0 Å². The second kappa shape index (κ2) is 6.22. The molecular weight excluding hydrogens is 273 g/mol. The van der Waals surface area contributed by atoms with Gasteiger partial charge in [0, 0.05) is 36.5 Å². The first-order valence-corrected chi connectivity index (χ1v) is 7.83. The molecule has 1 aliphatic rings. The lowest BCUT2D eigenvalue weighted by molar-refractivity contribution is -0.0334. The zero-order valence-electron chi connectivity index (χ0n) is 12.2. The average Bonchev–Trinajstić information content (AvgIpc) is 2.28. The quantitative estimate of drug-likeness (QED) is 0.836. The van der Waals surface area contributed by atoms with Gasteiger partial charge in [-0.2, -0.15) is 13.2 Å². The Labute approximate surface area is 118 Å². The van der Waals surface area contributed by atoms with Crippen LogP contribution in [0.15, 0.2) is 0 Å². The second-order valence-electron chi connectivity index (χ2n) is 5.88. The Bertz CT molecular complexity index is 288. The van der Waals surface area contributed by atoms with Gasteiger partial charge in [-0.05, 0) is 38.5 Å². The summed E-state index contributed by atoms with van der Waals surface area (Å²) >= 11 is 0.0870. The van der Waals surface area contributed by atoms with E-state index in [1.54, 1.807) is 0 Å². The Morgan fingerprint density at radius 2 is 1.79 bits per heavy atom. The highest BCUT2D eigenvalue weighted by molar-refractivity contribution is 8.00. The molecule has 0 spiro atoms. The molecule has 1 N–H and O–H groups in total. The topological polar surface area (TPSA) is 15.3 Å². The molecule has 0 bridgehead atoms. The van der Waals surface area contributed by atoms with Crippen LogP contribution in [0.4, 0.5) is 13.2 Å². The van der Waals surface area contributed by atoms with E-state index in [2.05, 4.69) is 37.9 Å². The maximum absolute atomic E-state index is 12.3. The molecule has 1 aliphatic heterocycles. The number of nitrogens with one attached hydrogen (secondary N) is 1. The van der Waals surface area contributed by atoms with Gasteiger partial charge in [0.2, 0.25) is 0 Å². The predicted molar refractivity (Wildman–Crippen MR) is 75.5 cm³/mol. The van der Waals surface area contributed by atoms with Crippen LogP contribution < -0.4 is 5.32 Å². The van der Waals surface area contributed by atoms with E-state index in [1.165, 1.54) is 0 Å². The van der Waals surface area contributed by atoms with Crippen molar-refractivity contribution in [2.45, 2.75) is 57.1 Å². The highest BCUT2D eigenvalue weighted by Gasteiger charge is 2.41. The van der Waals surface area contributed by atoms with Crippen LogP contribution >= 0.6 is 11.8 Å². The zero-order valence-corrected chi connectivity index (χ0v) is 13.0. The van der Waals surface area contributed by atoms with E-state index >= 15 is 0 Å². The number of alkyl halides is 3. The largest absolute Gasteiger partial charge is 0.441 e. The number of hydrogen-bond donors (Lipinski definition) is 1. The summed E-state index contributed by atoms with van der Waals surface area (Å²) in [6, 6.07) is 0. The van der Waals surface area contributed by atoms with Crippen LogP contribution in [-0.2, 0) is 0 Å². The van der Waals surface area contributed by atoms with Gasteiger partial charge in [-0.1, -0.05) is 13.8 Å². The van der Waals surface area contributed by atoms with Crippen LogP contribution in [0.2, 0.25) is 0 Å². The summed E-state index contributed by atoms with van der Waals surface area (Å²) in [5, 5.41) is 3.52. The van der Waals surface area contributed by atoms with Crippen LogP contribution in [0.25, 0.3) is 0 Å². The van der Waals surface area contributed by atoms with E-state index in [4.69, 9.17) is 0 Å². The van der Waals surface area contributed by atoms with Gasteiger partial charge in [-0.25, -0.2) is 0 Å². The van der Waals surface area contributed by atoms with Crippen molar-refractivity contribution in [3.05, 3.63) is 0 Å². The molecule has 0 aromatic carbocycles. The first-order valence-electron chi connectivity index (χ1n) is 6.85. The minimum absolute atomic E-state index is 0.00167. The van der Waals surface area contributed by atoms with Crippen LogP contribution in [-0.4, -0.2) is 46.9 Å². The van der Waals surface area contributed by atoms with Gasteiger partial charge >= 0.3 is 5.51 Å². The van der Waals surface area contributed by atoms with Gasteiger partial charge in [0.25, 0.3) is 0 Å². The van der Waals surface area contributed by atoms with E-state index in [1.807, 2.05) is 0 Å². The maximum atomic E-state index is 12.3. The molecule has 1 rings (SSSR count). The summed E-state index contributed by atoms with van der Waals surface area (Å²) in [5.74, 6) is 0.112. The summed E-state index contributed by atoms with van der Waals surface area (Å²) in [6.45, 7) is 10.6. The minimum atomic E-state index is -4.12. The third-order valence-electron chi connectivity index (χ3n) is 4.10. The summed E-state index contributed by atoms with van der Waals surface area (Å²) in [6.07, 6.45) is 1.92. The first kappa shape index (κ1) is 17.1. The Hall–Kier alpha value is 0.0600. The first-order chi connectivity index (χ1) is 8.64. The predicted octanol–water partition coefficient (Wildman–Crippen LogP) is 3.48. The molecule has 19 heavy (non-hydrogen) atoms. The molecule has 1 heterocycles. The monoisotopic (exact) mass is 298 g/mol. The molecule has 6 heteroatoms. The van der Waals surface area contributed by atoms with E-state index in [0.717, 1.165) is 25.9 Å². The molecule has 0 aliphatic carbocycles. The molecule has 0 radical (unpaired) electrons. The SMILES string of the molecule is CCC1(CC)CNC(C)(C)CN1CCSC(F)(F)F. The third kappa shape index (κ3) is 4.83. The van der Waals surface area contributed by atoms with E-state index in [-0.39, 0.29) is 28.6 Å². The number of rotatable bonds is 5. The Morgan fingerprint density at radius 3 is 2.26 bits per heavy atom. The zero-order chi connectivity index (χ0) is 14.7. The minimum Gasteiger partial charge on any atom is -0.309 e. The number of halogens is 3. The van der Waals surface area contributed by atoms with Crippen LogP contribution in [0, 0.1) is 0 Å². The Balaban J connectivity index is 2.67. The lowest BCUT2D eigenvalue weighted by Crippen LogP contribution is -2.68. The van der Waals surface area contributed by atoms with Crippen molar-refractivity contribution in [3.8, 4) is 0 Å². The van der Waals surface area contributed by atoms with E-state index in [9.17, 15) is 13.2 Å². The van der Waals surface area contributed by atoms with Crippen molar-refractivity contribution in [2.24, 2.45) is 0 Å². The summed E-state index contributed by atoms with van der Waals surface area (Å²) in [5.41, 5.74) is -4.15. The van der Waals surface area contributed by atoms with Gasteiger partial charge in [-0.15, -0.1) is 0 Å². The van der Waals surface area contributed by atoms with Gasteiger partial charge in [-0.3, -0.25) is 4.90 Å². The van der Waals surface area contributed by atoms with Crippen LogP contribution in [0.3, 0.4) is 0 Å². The van der Waals surface area contributed by atoms with Crippen LogP contribution in [0.5, 0.6) is 0 Å². The number of nitrogens with zero attached hydrogens (tertiary/aromatic N) is 1. The van der Waals surface area contributed by atoms with Crippen molar-refractivity contribution < 1.29 is 13.2 Å². The van der Waals surface area contributed by atoms with Crippen molar-refractivity contribution in [1.82, 2.24) is 10.2 Å². The van der Waals surface area contributed by atoms with Crippen molar-refractivity contribution >= 4 is 11.8 Å². The fraction of sp³-hybridized carbons (Fsp3) is 1.00. The molecular formula is C13H25F3N2S. The fourth-order valence-corrected chi connectivity index (χ4v) is 3.29. The third-order valence-corrected chi connectivity index (χ3v) is 4.81. The van der Waals surface area contributed by atoms with Gasteiger partial charge < -0.3 is 5.32 Å². The fourth-order valence-electron chi connectivity index (χ4n) is 2.75. The maximum Gasteiger partial charge on any atom is 0.441 e. The molecule has 0 unspecified atom stereocenters. The summed E-state index contributed by atoms with van der Waals surface area (Å²) < 4.78 is 36.8. The molecule has 0 saturated carbocycles. The second-order valence-corrected chi connectivity index (χ2v) is 7.04. The Kier molecular flexibility index (Phi) is 5.61. The van der Waals surface area contributed by atoms with Gasteiger partial charge in [0.15, 0.2) is 0 Å². The Morgan fingerprint density at radius 1 is 1.21 bits per heavy atom. The molecule has 114 valence electrons. The lowest BCUT2D eigenvalue weighted by Gasteiger charge is -2.52. The number of piperazine rings is 1. The summed E-state index contributed by atoms with van der Waals surface area (Å²) in [4.78, 5) is 2.25. The highest BCUT2D eigenvalue weighted by Crippen LogP contribution is 2.33. The van der Waals surface area contributed by atoms with Crippen molar-refractivity contribution in [3.63, 3.8) is 0 Å². The van der Waals surface area contributed by atoms with Gasteiger partial charge in [0.05, 0.1) is 0 Å². The number of thioether (sulfide) groups is 1. The van der Waals surface area contributed by atoms with E-state index in [0.29, 0.717) is 6.54 Å². The molecule has 0 aromatic heterocycles. The molecule has 0 atom stereocenters. The number of hydrogen-bond acceptors (Lipinski definition) is 3. The standard InChI is InChI=1S/C13H25F3N2S/c1-5-12(6-2)9-17-11(3,4)10-18(12)7-8-19-13(14,15)16/h17H,5-10H2,1-4H3. The summed E-state index contributed by atoms with van der Waals surface area (Å²) in [7, 11) is 0. The molecule has 2 nitrogen and oxygen atoms in total. The average molecular weight is 298 g/mol. The van der Waals surface area contributed by atoms with Crippen molar-refractivity contribution in [2.75, 3.05) is 25.4 Å². The molecule has 1 saturated heterocycles.